The summed E-state index contributed by atoms with van der Waals surface area (Å²) < 4.78 is 0. The van der Waals surface area contributed by atoms with Crippen molar-refractivity contribution in [3.63, 3.8) is 0 Å². The van der Waals surface area contributed by atoms with Gasteiger partial charge in [-0.05, 0) is 137 Å². The molecule has 2 heterocycles. The van der Waals surface area contributed by atoms with Gasteiger partial charge in [0.1, 0.15) is 0 Å². The van der Waals surface area contributed by atoms with E-state index < -0.39 is 0 Å². The predicted molar refractivity (Wildman–Crippen MR) is 176 cm³/mol. The molecule has 0 amide bonds. The molecule has 1 saturated heterocycles. The Kier molecular flexibility index (Phi) is 12.9. The number of piperidine rings is 1. The fraction of sp³-hybridized carbons (Fsp3) is 0.579. The van der Waals surface area contributed by atoms with E-state index in [-0.39, 0.29) is 0 Å². The first kappa shape index (κ1) is 30.6. The van der Waals surface area contributed by atoms with Crippen LogP contribution in [-0.4, -0.2) is 26.2 Å². The number of nitrogens with one attached hydrogen (secondary N) is 1. The van der Waals surface area contributed by atoms with Crippen LogP contribution in [0.1, 0.15) is 120 Å². The molecule has 2 aromatic rings. The van der Waals surface area contributed by atoms with Gasteiger partial charge in [0, 0.05) is 18.8 Å². The highest BCUT2D eigenvalue weighted by molar-refractivity contribution is 5.57. The Morgan fingerprint density at radius 3 is 2.27 bits per heavy atom. The molecule has 0 unspecified atom stereocenters. The summed E-state index contributed by atoms with van der Waals surface area (Å²) in [5, 5.41) is 3.46. The maximum absolute atomic E-state index is 3.46. The Balaban J connectivity index is 0.000000210. The molecule has 0 atom stereocenters. The van der Waals surface area contributed by atoms with E-state index >= 15 is 0 Å². The molecule has 0 bridgehead atoms. The number of fused-ring (bicyclic) bond motifs is 1. The number of hydrogen-bond acceptors (Lipinski definition) is 2. The summed E-state index contributed by atoms with van der Waals surface area (Å²) >= 11 is 0. The first-order valence-corrected chi connectivity index (χ1v) is 16.7. The Bertz CT molecular complexity index is 1070. The van der Waals surface area contributed by atoms with Crippen LogP contribution < -0.4 is 10.2 Å². The van der Waals surface area contributed by atoms with E-state index in [1.54, 1.807) is 16.7 Å². The van der Waals surface area contributed by atoms with Gasteiger partial charge in [-0.25, -0.2) is 0 Å². The van der Waals surface area contributed by atoms with Crippen molar-refractivity contribution in [3.05, 3.63) is 88.0 Å². The standard InChI is InChI=1S/C24H35N.C14H21N/c1-20-8-6-7-11-22(20)10-5-3-2-4-9-21-12-14-23(15-13-21)24-16-18-25-19-17-24;1-3-9-15-10-5-6-13-8-7-12(4-2)11-14(13)15/h8,11-15,24-25H,2-7,9-10,16-19H2,1H3;7-8,11H,3-6,9-10H2,1-2H3. The third-order valence-corrected chi connectivity index (χ3v) is 9.23. The van der Waals surface area contributed by atoms with Gasteiger partial charge in [-0.15, -0.1) is 0 Å². The normalized spacial score (nSPS) is 17.4. The average molecular weight is 541 g/mol. The van der Waals surface area contributed by atoms with Gasteiger partial charge in [-0.1, -0.05) is 80.8 Å². The van der Waals surface area contributed by atoms with Crippen molar-refractivity contribution in [3.8, 4) is 0 Å². The average Bonchev–Trinajstić information content (AvgIpc) is 3.01. The van der Waals surface area contributed by atoms with E-state index in [2.05, 4.69) is 85.6 Å². The lowest BCUT2D eigenvalue weighted by Gasteiger charge is -2.31. The van der Waals surface area contributed by atoms with Gasteiger partial charge < -0.3 is 10.2 Å². The van der Waals surface area contributed by atoms with Crippen molar-refractivity contribution < 1.29 is 0 Å². The maximum atomic E-state index is 3.46. The molecule has 0 saturated carbocycles. The van der Waals surface area contributed by atoms with Crippen LogP contribution in [0, 0.1) is 0 Å². The van der Waals surface area contributed by atoms with Crippen LogP contribution >= 0.6 is 0 Å². The summed E-state index contributed by atoms with van der Waals surface area (Å²) in [6.07, 6.45) is 22.9. The zero-order valence-electron chi connectivity index (χ0n) is 25.9. The molecule has 2 aromatic carbocycles. The van der Waals surface area contributed by atoms with Gasteiger partial charge in [-0.3, -0.25) is 0 Å². The lowest BCUT2D eigenvalue weighted by molar-refractivity contribution is 0.460. The largest absolute Gasteiger partial charge is 0.371 e. The molecule has 1 aliphatic carbocycles. The Morgan fingerprint density at radius 1 is 0.825 bits per heavy atom. The Labute approximate surface area is 246 Å². The topological polar surface area (TPSA) is 15.3 Å². The lowest BCUT2D eigenvalue weighted by atomic mass is 9.89. The number of anilines is 1. The Morgan fingerprint density at radius 2 is 1.55 bits per heavy atom. The number of hydrogen-bond donors (Lipinski definition) is 1. The molecule has 1 fully saturated rings. The molecule has 0 aromatic heterocycles. The second-order valence-corrected chi connectivity index (χ2v) is 12.3. The highest BCUT2D eigenvalue weighted by Gasteiger charge is 2.16. The predicted octanol–water partition coefficient (Wildman–Crippen LogP) is 9.72. The summed E-state index contributed by atoms with van der Waals surface area (Å²) in [7, 11) is 0. The smallest absolute Gasteiger partial charge is 0.0401 e. The fourth-order valence-electron chi connectivity index (χ4n) is 6.68. The molecular formula is C38H56N2. The van der Waals surface area contributed by atoms with Gasteiger partial charge in [0.25, 0.3) is 0 Å². The number of allylic oxidation sites excluding steroid dienone is 4. The third-order valence-electron chi connectivity index (χ3n) is 9.23. The van der Waals surface area contributed by atoms with Gasteiger partial charge in [0.15, 0.2) is 0 Å². The van der Waals surface area contributed by atoms with Crippen LogP contribution in [0.15, 0.2) is 65.8 Å². The van der Waals surface area contributed by atoms with Crippen LogP contribution in [0.4, 0.5) is 5.69 Å². The molecule has 0 radical (unpaired) electrons. The molecule has 2 aliphatic heterocycles. The van der Waals surface area contributed by atoms with Gasteiger partial charge >= 0.3 is 0 Å². The summed E-state index contributed by atoms with van der Waals surface area (Å²) in [6.45, 7) is 11.6. The van der Waals surface area contributed by atoms with Gasteiger partial charge in [-0.2, -0.15) is 0 Å². The molecule has 5 rings (SSSR count). The van der Waals surface area contributed by atoms with Crippen molar-refractivity contribution in [1.82, 2.24) is 5.32 Å². The van der Waals surface area contributed by atoms with Crippen LogP contribution in [0.5, 0.6) is 0 Å². The molecule has 40 heavy (non-hydrogen) atoms. The Hall–Kier alpha value is -2.32. The van der Waals surface area contributed by atoms with Crippen molar-refractivity contribution in [2.75, 3.05) is 31.1 Å². The molecule has 2 heteroatoms. The number of rotatable bonds is 11. The number of aryl methyl sites for hydroxylation is 3. The minimum absolute atomic E-state index is 0.780. The van der Waals surface area contributed by atoms with E-state index in [0.29, 0.717) is 0 Å². The van der Waals surface area contributed by atoms with E-state index in [9.17, 15) is 0 Å². The second-order valence-electron chi connectivity index (χ2n) is 12.3. The van der Waals surface area contributed by atoms with E-state index in [1.165, 1.54) is 132 Å². The van der Waals surface area contributed by atoms with Crippen LogP contribution in [0.2, 0.25) is 0 Å². The van der Waals surface area contributed by atoms with Crippen molar-refractivity contribution in [2.24, 2.45) is 0 Å². The summed E-state index contributed by atoms with van der Waals surface area (Å²) in [5.74, 6) is 0.780. The van der Waals surface area contributed by atoms with E-state index in [1.807, 2.05) is 0 Å². The SMILES string of the molecule is CC1=CCCC=C1CCCCCCc1ccc(C2CCNCC2)cc1.CCCN1CCCc2ccc(CC)cc21. The fourth-order valence-corrected chi connectivity index (χ4v) is 6.68. The maximum Gasteiger partial charge on any atom is 0.0401 e. The van der Waals surface area contributed by atoms with Crippen LogP contribution in [-0.2, 0) is 19.3 Å². The lowest BCUT2D eigenvalue weighted by Crippen LogP contribution is -2.30. The molecule has 0 spiro atoms. The minimum atomic E-state index is 0.780. The number of benzene rings is 2. The zero-order valence-corrected chi connectivity index (χ0v) is 25.9. The molecular weight excluding hydrogens is 484 g/mol. The third kappa shape index (κ3) is 9.37. The van der Waals surface area contributed by atoms with Crippen LogP contribution in [0.3, 0.4) is 0 Å². The molecule has 1 N–H and O–H groups in total. The molecule has 218 valence electrons. The van der Waals surface area contributed by atoms with E-state index in [4.69, 9.17) is 0 Å². The summed E-state index contributed by atoms with van der Waals surface area (Å²) in [5.41, 5.74) is 10.7. The molecule has 2 nitrogen and oxygen atoms in total. The number of unbranched alkanes of at least 4 members (excludes halogenated alkanes) is 3. The number of nitrogens with zero attached hydrogens (tertiary/aromatic N) is 1. The van der Waals surface area contributed by atoms with Crippen molar-refractivity contribution in [1.29, 1.82) is 0 Å². The zero-order chi connectivity index (χ0) is 28.0. The molecule has 3 aliphatic rings. The summed E-state index contributed by atoms with van der Waals surface area (Å²) in [6, 6.07) is 16.5. The first-order valence-electron chi connectivity index (χ1n) is 16.7. The van der Waals surface area contributed by atoms with E-state index in [0.717, 1.165) is 12.3 Å². The monoisotopic (exact) mass is 540 g/mol. The second kappa shape index (κ2) is 16.8. The van der Waals surface area contributed by atoms with Gasteiger partial charge in [0.2, 0.25) is 0 Å². The van der Waals surface area contributed by atoms with Crippen molar-refractivity contribution in [2.45, 2.75) is 117 Å². The quantitative estimate of drug-likeness (QED) is 0.285. The highest BCUT2D eigenvalue weighted by Crippen LogP contribution is 2.29. The van der Waals surface area contributed by atoms with Crippen molar-refractivity contribution >= 4 is 5.69 Å². The first-order chi connectivity index (χ1) is 19.7. The van der Waals surface area contributed by atoms with Gasteiger partial charge in [0.05, 0.1) is 0 Å². The summed E-state index contributed by atoms with van der Waals surface area (Å²) in [4.78, 5) is 2.55. The van der Waals surface area contributed by atoms with Crippen LogP contribution in [0.25, 0.3) is 0 Å². The highest BCUT2D eigenvalue weighted by atomic mass is 15.1. The minimum Gasteiger partial charge on any atom is -0.371 e.